The lowest BCUT2D eigenvalue weighted by atomic mass is 9.98. The standard InChI is InChI=1S/C40H45F3N4O5/c1-26-22-47(27(2)25-48)39(50)34-7-6-8-35(44-37(49)21-28-9-13-30(14-10-28)40(41,42)43)38(34)52-36(26)24-45(3)23-29-11-15-31(16-12-29)46(4)32-17-19-33(51-5)20-18-32/h6-20,26-27,36,48H,21-25H2,1-5H3,(H,44,49)/t26-,27?,36-/m1/s1. The molecule has 1 unspecified atom stereocenters. The van der Waals surface area contributed by atoms with E-state index in [4.69, 9.17) is 9.47 Å². The van der Waals surface area contributed by atoms with Crippen molar-refractivity contribution in [1.29, 1.82) is 0 Å². The molecule has 12 heteroatoms. The summed E-state index contributed by atoms with van der Waals surface area (Å²) in [7, 11) is 5.63. The lowest BCUT2D eigenvalue weighted by Crippen LogP contribution is -2.49. The van der Waals surface area contributed by atoms with Crippen LogP contribution in [-0.2, 0) is 23.9 Å². The molecule has 3 atom stereocenters. The van der Waals surface area contributed by atoms with E-state index in [0.29, 0.717) is 25.2 Å². The summed E-state index contributed by atoms with van der Waals surface area (Å²) in [6.07, 6.45) is -5.08. The summed E-state index contributed by atoms with van der Waals surface area (Å²) in [6.45, 7) is 4.98. The van der Waals surface area contributed by atoms with Crippen LogP contribution in [0.5, 0.6) is 11.5 Å². The molecule has 0 saturated heterocycles. The number of methoxy groups -OCH3 is 1. The van der Waals surface area contributed by atoms with E-state index >= 15 is 0 Å². The quantitative estimate of drug-likeness (QED) is 0.163. The number of likely N-dealkylation sites (N-methyl/N-ethyl adjacent to an activating group) is 1. The number of aliphatic hydroxyl groups is 1. The van der Waals surface area contributed by atoms with Crippen molar-refractivity contribution < 1.29 is 37.3 Å². The zero-order valence-electron chi connectivity index (χ0n) is 30.0. The third-order valence-electron chi connectivity index (χ3n) is 9.34. The van der Waals surface area contributed by atoms with Crippen LogP contribution in [0.15, 0.2) is 91.0 Å². The van der Waals surface area contributed by atoms with Crippen LogP contribution in [0.4, 0.5) is 30.2 Å². The van der Waals surface area contributed by atoms with Gasteiger partial charge in [-0.05, 0) is 85.8 Å². The molecule has 0 radical (unpaired) electrons. The summed E-state index contributed by atoms with van der Waals surface area (Å²) in [5, 5.41) is 12.9. The van der Waals surface area contributed by atoms with Gasteiger partial charge in [-0.3, -0.25) is 14.5 Å². The van der Waals surface area contributed by atoms with Gasteiger partial charge >= 0.3 is 6.18 Å². The van der Waals surface area contributed by atoms with Crippen LogP contribution in [0.2, 0.25) is 0 Å². The Morgan fingerprint density at radius 1 is 0.981 bits per heavy atom. The van der Waals surface area contributed by atoms with E-state index in [1.165, 1.54) is 12.1 Å². The second-order valence-electron chi connectivity index (χ2n) is 13.3. The number of hydrogen-bond donors (Lipinski definition) is 2. The molecule has 2 N–H and O–H groups in total. The Hall–Kier alpha value is -5.07. The molecule has 0 aliphatic carbocycles. The van der Waals surface area contributed by atoms with Crippen molar-refractivity contribution in [2.24, 2.45) is 5.92 Å². The minimum Gasteiger partial charge on any atom is -0.497 e. The Kier molecular flexibility index (Phi) is 12.1. The summed E-state index contributed by atoms with van der Waals surface area (Å²) in [4.78, 5) is 32.9. The fraction of sp³-hybridized carbons (Fsp3) is 0.350. The van der Waals surface area contributed by atoms with Crippen molar-refractivity contribution >= 4 is 28.9 Å². The number of para-hydroxylation sites is 1. The molecule has 52 heavy (non-hydrogen) atoms. The van der Waals surface area contributed by atoms with E-state index in [9.17, 15) is 27.9 Å². The Morgan fingerprint density at radius 3 is 2.19 bits per heavy atom. The number of nitrogens with one attached hydrogen (secondary N) is 1. The maximum Gasteiger partial charge on any atom is 0.416 e. The molecule has 1 heterocycles. The Bertz CT molecular complexity index is 1820. The van der Waals surface area contributed by atoms with Gasteiger partial charge < -0.3 is 29.7 Å². The van der Waals surface area contributed by atoms with E-state index in [0.717, 1.165) is 34.8 Å². The van der Waals surface area contributed by atoms with Crippen LogP contribution in [0.1, 0.15) is 40.9 Å². The molecule has 0 saturated carbocycles. The third-order valence-corrected chi connectivity index (χ3v) is 9.34. The number of benzene rings is 4. The highest BCUT2D eigenvalue weighted by Gasteiger charge is 2.35. The second kappa shape index (κ2) is 16.5. The summed E-state index contributed by atoms with van der Waals surface area (Å²) in [5.74, 6) is 0.0224. The highest BCUT2D eigenvalue weighted by atomic mass is 19.4. The van der Waals surface area contributed by atoms with Gasteiger partial charge in [0.2, 0.25) is 5.91 Å². The number of nitrogens with zero attached hydrogens (tertiary/aromatic N) is 3. The van der Waals surface area contributed by atoms with Gasteiger partial charge in [0.1, 0.15) is 11.9 Å². The molecular formula is C40H45F3N4O5. The molecular weight excluding hydrogens is 673 g/mol. The number of hydrogen-bond acceptors (Lipinski definition) is 7. The van der Waals surface area contributed by atoms with Crippen LogP contribution < -0.4 is 19.7 Å². The largest absolute Gasteiger partial charge is 0.497 e. The van der Waals surface area contributed by atoms with E-state index in [1.54, 1.807) is 37.1 Å². The van der Waals surface area contributed by atoms with Gasteiger partial charge in [-0.25, -0.2) is 0 Å². The van der Waals surface area contributed by atoms with Crippen LogP contribution in [0.25, 0.3) is 0 Å². The number of amides is 2. The molecule has 9 nitrogen and oxygen atoms in total. The SMILES string of the molecule is COc1ccc(N(C)c2ccc(CN(C)C[C@H]3Oc4c(NC(=O)Cc5ccc(C(F)(F)F)cc5)cccc4C(=O)N(C(C)CO)C[C@H]3C)cc2)cc1. The zero-order chi connectivity index (χ0) is 37.6. The van der Waals surface area contributed by atoms with Crippen molar-refractivity contribution in [3.8, 4) is 11.5 Å². The molecule has 4 aromatic carbocycles. The Morgan fingerprint density at radius 2 is 1.60 bits per heavy atom. The van der Waals surface area contributed by atoms with Gasteiger partial charge in [0.15, 0.2) is 5.75 Å². The van der Waals surface area contributed by atoms with E-state index < -0.39 is 29.8 Å². The van der Waals surface area contributed by atoms with Gasteiger partial charge in [0.25, 0.3) is 5.91 Å². The third kappa shape index (κ3) is 9.23. The zero-order valence-corrected chi connectivity index (χ0v) is 30.0. The normalized spacial score (nSPS) is 16.7. The fourth-order valence-corrected chi connectivity index (χ4v) is 6.21. The average Bonchev–Trinajstić information content (AvgIpc) is 3.13. The smallest absolute Gasteiger partial charge is 0.416 e. The molecule has 0 bridgehead atoms. The molecule has 0 aromatic heterocycles. The molecule has 0 fully saturated rings. The summed E-state index contributed by atoms with van der Waals surface area (Å²) in [5.41, 5.74) is 3.27. The topological polar surface area (TPSA) is 94.6 Å². The number of alkyl halides is 3. The summed E-state index contributed by atoms with van der Waals surface area (Å²) < 4.78 is 51.0. The Labute approximate surface area is 302 Å². The molecule has 4 aromatic rings. The molecule has 1 aliphatic rings. The maximum atomic E-state index is 13.9. The highest BCUT2D eigenvalue weighted by Crippen LogP contribution is 2.36. The minimum absolute atomic E-state index is 0.162. The first kappa shape index (κ1) is 38.2. The van der Waals surface area contributed by atoms with Gasteiger partial charge in [-0.15, -0.1) is 0 Å². The van der Waals surface area contributed by atoms with Crippen LogP contribution in [0, 0.1) is 5.92 Å². The van der Waals surface area contributed by atoms with E-state index in [2.05, 4.69) is 39.4 Å². The maximum absolute atomic E-state index is 13.9. The molecule has 5 rings (SSSR count). The number of ether oxygens (including phenoxy) is 2. The highest BCUT2D eigenvalue weighted by molar-refractivity contribution is 6.02. The van der Waals surface area contributed by atoms with Gasteiger partial charge in [0.05, 0.1) is 43.0 Å². The number of carbonyl (C=O) groups is 2. The van der Waals surface area contributed by atoms with Crippen molar-refractivity contribution in [2.75, 3.05) is 51.1 Å². The van der Waals surface area contributed by atoms with Crippen molar-refractivity contribution in [3.05, 3.63) is 113 Å². The number of fused-ring (bicyclic) bond motifs is 1. The summed E-state index contributed by atoms with van der Waals surface area (Å²) in [6, 6.07) is 25.0. The predicted octanol–water partition coefficient (Wildman–Crippen LogP) is 7.02. The first-order chi connectivity index (χ1) is 24.8. The number of aliphatic hydroxyl groups excluding tert-OH is 1. The number of anilines is 3. The van der Waals surface area contributed by atoms with Crippen LogP contribution >= 0.6 is 0 Å². The van der Waals surface area contributed by atoms with Gasteiger partial charge in [-0.1, -0.05) is 37.3 Å². The summed E-state index contributed by atoms with van der Waals surface area (Å²) >= 11 is 0. The molecule has 1 aliphatic heterocycles. The predicted molar refractivity (Wildman–Crippen MR) is 195 cm³/mol. The van der Waals surface area contributed by atoms with Gasteiger partial charge in [-0.2, -0.15) is 13.2 Å². The first-order valence-electron chi connectivity index (χ1n) is 17.1. The van der Waals surface area contributed by atoms with Crippen molar-refractivity contribution in [1.82, 2.24) is 9.80 Å². The number of carbonyl (C=O) groups excluding carboxylic acids is 2. The number of rotatable bonds is 12. The van der Waals surface area contributed by atoms with Crippen LogP contribution in [0.3, 0.4) is 0 Å². The van der Waals surface area contributed by atoms with Gasteiger partial charge in [0, 0.05) is 44.0 Å². The van der Waals surface area contributed by atoms with Crippen LogP contribution in [-0.4, -0.2) is 79.8 Å². The molecule has 0 spiro atoms. The minimum atomic E-state index is -4.48. The Balaban J connectivity index is 1.33. The van der Waals surface area contributed by atoms with Crippen molar-refractivity contribution in [2.45, 2.75) is 45.1 Å². The fourth-order valence-electron chi connectivity index (χ4n) is 6.21. The molecule has 276 valence electrons. The second-order valence-corrected chi connectivity index (χ2v) is 13.3. The number of halogens is 3. The lowest BCUT2D eigenvalue weighted by Gasteiger charge is -2.38. The average molecular weight is 719 g/mol. The van der Waals surface area contributed by atoms with Crippen molar-refractivity contribution in [3.63, 3.8) is 0 Å². The first-order valence-corrected chi connectivity index (χ1v) is 17.1. The van der Waals surface area contributed by atoms with E-state index in [-0.39, 0.29) is 41.9 Å². The lowest BCUT2D eigenvalue weighted by molar-refractivity contribution is -0.137. The molecule has 2 amide bonds. The van der Waals surface area contributed by atoms with E-state index in [1.807, 2.05) is 45.3 Å². The monoisotopic (exact) mass is 718 g/mol.